The molecule has 1 aromatic heterocycles. The molecular formula is C15H22N4O. The fourth-order valence-electron chi connectivity index (χ4n) is 3.27. The van der Waals surface area contributed by atoms with Crippen LogP contribution in [-0.4, -0.2) is 32.5 Å². The van der Waals surface area contributed by atoms with E-state index in [1.54, 1.807) is 0 Å². The summed E-state index contributed by atoms with van der Waals surface area (Å²) in [5.41, 5.74) is 2.05. The molecule has 0 saturated carbocycles. The monoisotopic (exact) mass is 274 g/mol. The second kappa shape index (κ2) is 4.43. The highest BCUT2D eigenvalue weighted by Gasteiger charge is 2.43. The lowest BCUT2D eigenvalue weighted by Crippen LogP contribution is -2.52. The van der Waals surface area contributed by atoms with Gasteiger partial charge in [-0.3, -0.25) is 0 Å². The lowest BCUT2D eigenvalue weighted by atomic mass is 9.99. The van der Waals surface area contributed by atoms with Crippen LogP contribution >= 0.6 is 0 Å². The van der Waals surface area contributed by atoms with E-state index in [4.69, 9.17) is 0 Å². The van der Waals surface area contributed by atoms with Crippen LogP contribution in [0.25, 0.3) is 0 Å². The van der Waals surface area contributed by atoms with Crippen LogP contribution < -0.4 is 5.32 Å². The first-order valence-electron chi connectivity index (χ1n) is 7.28. The van der Waals surface area contributed by atoms with E-state index in [9.17, 15) is 4.79 Å². The van der Waals surface area contributed by atoms with E-state index in [2.05, 4.69) is 15.3 Å². The molecule has 2 amide bonds. The van der Waals surface area contributed by atoms with E-state index in [1.807, 2.05) is 38.8 Å². The Hall–Kier alpha value is -1.65. The number of carbonyl (C=O) groups is 1. The quantitative estimate of drug-likeness (QED) is 0.790. The molecule has 1 aromatic rings. The van der Waals surface area contributed by atoms with Gasteiger partial charge in [0.15, 0.2) is 0 Å². The highest BCUT2D eigenvalue weighted by Crippen LogP contribution is 2.42. The Labute approximate surface area is 119 Å². The van der Waals surface area contributed by atoms with Gasteiger partial charge >= 0.3 is 6.03 Å². The Morgan fingerprint density at radius 3 is 2.85 bits per heavy atom. The Bertz CT molecular complexity index is 549. The summed E-state index contributed by atoms with van der Waals surface area (Å²) < 4.78 is 0. The van der Waals surface area contributed by atoms with Crippen molar-refractivity contribution >= 4 is 6.03 Å². The van der Waals surface area contributed by atoms with E-state index >= 15 is 0 Å². The SMILES string of the molecule is Cc1ncc2c(n1)CC1CCC2N1C(=O)NC(C)(C)C. The fraction of sp³-hybridized carbons (Fsp3) is 0.667. The molecule has 5 heteroatoms. The van der Waals surface area contributed by atoms with Crippen molar-refractivity contribution in [2.75, 3.05) is 0 Å². The first-order valence-corrected chi connectivity index (χ1v) is 7.28. The summed E-state index contributed by atoms with van der Waals surface area (Å²) in [5, 5.41) is 3.08. The van der Waals surface area contributed by atoms with Crippen molar-refractivity contribution < 1.29 is 4.79 Å². The molecule has 1 N–H and O–H groups in total. The maximum Gasteiger partial charge on any atom is 0.318 e. The topological polar surface area (TPSA) is 58.1 Å². The molecule has 0 aromatic carbocycles. The first-order chi connectivity index (χ1) is 9.35. The normalized spacial score (nSPS) is 24.5. The number of amides is 2. The summed E-state index contributed by atoms with van der Waals surface area (Å²) >= 11 is 0. The average molecular weight is 274 g/mol. The molecule has 2 aliphatic rings. The number of carbonyl (C=O) groups excluding carboxylic acids is 1. The molecule has 2 atom stereocenters. The van der Waals surface area contributed by atoms with Gasteiger partial charge in [0.05, 0.1) is 11.7 Å². The lowest BCUT2D eigenvalue weighted by Gasteiger charge is -2.37. The summed E-state index contributed by atoms with van der Waals surface area (Å²) in [6.07, 6.45) is 4.83. The van der Waals surface area contributed by atoms with Crippen molar-refractivity contribution in [2.45, 2.75) is 64.6 Å². The minimum atomic E-state index is -0.208. The van der Waals surface area contributed by atoms with Crippen LogP contribution in [-0.2, 0) is 6.42 Å². The Morgan fingerprint density at radius 2 is 2.15 bits per heavy atom. The Kier molecular flexibility index (Phi) is 2.96. The predicted octanol–water partition coefficient (Wildman–Crippen LogP) is 2.35. The van der Waals surface area contributed by atoms with Crippen LogP contribution in [0, 0.1) is 6.92 Å². The maximum absolute atomic E-state index is 12.5. The van der Waals surface area contributed by atoms with Crippen molar-refractivity contribution in [3.8, 4) is 0 Å². The summed E-state index contributed by atoms with van der Waals surface area (Å²) in [4.78, 5) is 23.4. The van der Waals surface area contributed by atoms with Gasteiger partial charge in [-0.05, 0) is 40.5 Å². The molecular weight excluding hydrogens is 252 g/mol. The highest BCUT2D eigenvalue weighted by atomic mass is 16.2. The third-order valence-electron chi connectivity index (χ3n) is 4.03. The summed E-state index contributed by atoms with van der Waals surface area (Å²) in [6, 6.07) is 0.465. The molecule has 0 aliphatic carbocycles. The second-order valence-corrected chi connectivity index (χ2v) is 6.86. The van der Waals surface area contributed by atoms with Crippen LogP contribution in [0.15, 0.2) is 6.20 Å². The molecule has 2 bridgehead atoms. The number of urea groups is 1. The van der Waals surface area contributed by atoms with Crippen LogP contribution in [0.1, 0.15) is 56.7 Å². The largest absolute Gasteiger partial charge is 0.333 e. The number of nitrogens with one attached hydrogen (secondary N) is 1. The zero-order valence-corrected chi connectivity index (χ0v) is 12.6. The number of rotatable bonds is 0. The van der Waals surface area contributed by atoms with Crippen molar-refractivity contribution in [1.82, 2.24) is 20.2 Å². The number of aromatic nitrogens is 2. The molecule has 20 heavy (non-hydrogen) atoms. The molecule has 2 unspecified atom stereocenters. The number of fused-ring (bicyclic) bond motifs is 4. The van der Waals surface area contributed by atoms with Gasteiger partial charge in [0.1, 0.15) is 5.82 Å². The average Bonchev–Trinajstić information content (AvgIpc) is 2.63. The van der Waals surface area contributed by atoms with E-state index < -0.39 is 0 Å². The van der Waals surface area contributed by atoms with Gasteiger partial charge in [0.25, 0.3) is 0 Å². The highest BCUT2D eigenvalue weighted by molar-refractivity contribution is 5.76. The predicted molar refractivity (Wildman–Crippen MR) is 76.4 cm³/mol. The summed E-state index contributed by atoms with van der Waals surface area (Å²) in [6.45, 7) is 7.95. The van der Waals surface area contributed by atoms with Crippen LogP contribution in [0.4, 0.5) is 4.79 Å². The molecule has 0 radical (unpaired) electrons. The number of nitrogens with zero attached hydrogens (tertiary/aromatic N) is 3. The molecule has 1 fully saturated rings. The van der Waals surface area contributed by atoms with Crippen LogP contribution in [0.3, 0.4) is 0 Å². The van der Waals surface area contributed by atoms with Gasteiger partial charge in [0.2, 0.25) is 0 Å². The third-order valence-corrected chi connectivity index (χ3v) is 4.03. The smallest absolute Gasteiger partial charge is 0.318 e. The Balaban J connectivity index is 1.89. The Morgan fingerprint density at radius 1 is 1.40 bits per heavy atom. The molecule has 3 rings (SSSR count). The van der Waals surface area contributed by atoms with E-state index in [1.165, 1.54) is 0 Å². The minimum absolute atomic E-state index is 0.0382. The molecule has 1 saturated heterocycles. The second-order valence-electron chi connectivity index (χ2n) is 6.86. The summed E-state index contributed by atoms with van der Waals surface area (Å²) in [5.74, 6) is 0.816. The van der Waals surface area contributed by atoms with Gasteiger partial charge < -0.3 is 10.2 Å². The van der Waals surface area contributed by atoms with Gasteiger partial charge in [-0.25, -0.2) is 14.8 Å². The standard InChI is InChI=1S/C15H22N4O/c1-9-16-8-11-12(17-9)7-10-5-6-13(11)19(10)14(20)18-15(2,3)4/h8,10,13H,5-7H2,1-4H3,(H,18,20). The number of hydrogen-bond donors (Lipinski definition) is 1. The van der Waals surface area contributed by atoms with Crippen molar-refractivity contribution in [2.24, 2.45) is 0 Å². The zero-order chi connectivity index (χ0) is 14.5. The molecule has 5 nitrogen and oxygen atoms in total. The van der Waals surface area contributed by atoms with Crippen molar-refractivity contribution in [1.29, 1.82) is 0 Å². The zero-order valence-electron chi connectivity index (χ0n) is 12.6. The molecule has 108 valence electrons. The van der Waals surface area contributed by atoms with Gasteiger partial charge in [-0.1, -0.05) is 0 Å². The number of aryl methyl sites for hydroxylation is 1. The van der Waals surface area contributed by atoms with E-state index in [0.29, 0.717) is 0 Å². The third kappa shape index (κ3) is 2.25. The fourth-order valence-corrected chi connectivity index (χ4v) is 3.27. The van der Waals surface area contributed by atoms with Crippen LogP contribution in [0.5, 0.6) is 0 Å². The molecule has 0 spiro atoms. The maximum atomic E-state index is 12.5. The van der Waals surface area contributed by atoms with Crippen molar-refractivity contribution in [3.63, 3.8) is 0 Å². The van der Waals surface area contributed by atoms with Gasteiger partial charge in [-0.2, -0.15) is 0 Å². The van der Waals surface area contributed by atoms with Crippen molar-refractivity contribution in [3.05, 3.63) is 23.3 Å². The summed E-state index contributed by atoms with van der Waals surface area (Å²) in [7, 11) is 0. The van der Waals surface area contributed by atoms with Gasteiger partial charge in [-0.15, -0.1) is 0 Å². The minimum Gasteiger partial charge on any atom is -0.333 e. The molecule has 3 heterocycles. The van der Waals surface area contributed by atoms with E-state index in [0.717, 1.165) is 36.3 Å². The van der Waals surface area contributed by atoms with Gasteiger partial charge in [0, 0.05) is 29.8 Å². The van der Waals surface area contributed by atoms with Crippen LogP contribution in [0.2, 0.25) is 0 Å². The number of hydrogen-bond acceptors (Lipinski definition) is 3. The lowest BCUT2D eigenvalue weighted by molar-refractivity contribution is 0.157. The molecule has 2 aliphatic heterocycles. The first kappa shape index (κ1) is 13.3. The van der Waals surface area contributed by atoms with E-state index in [-0.39, 0.29) is 23.7 Å².